The summed E-state index contributed by atoms with van der Waals surface area (Å²) in [6.45, 7) is 2.29. The van der Waals surface area contributed by atoms with Gasteiger partial charge in [-0.05, 0) is 43.3 Å². The van der Waals surface area contributed by atoms with Gasteiger partial charge in [-0.3, -0.25) is 14.6 Å². The lowest BCUT2D eigenvalue weighted by atomic mass is 10.1. The van der Waals surface area contributed by atoms with Gasteiger partial charge in [0.15, 0.2) is 0 Å². The van der Waals surface area contributed by atoms with Crippen LogP contribution in [0.2, 0.25) is 0 Å². The average Bonchev–Trinajstić information content (AvgIpc) is 2.82. The first-order chi connectivity index (χ1) is 16.4. The maximum Gasteiger partial charge on any atom is 0.325 e. The third-order valence-electron chi connectivity index (χ3n) is 4.81. The number of nitriles is 1. The van der Waals surface area contributed by atoms with E-state index in [0.29, 0.717) is 17.8 Å². The van der Waals surface area contributed by atoms with Crippen LogP contribution in [-0.4, -0.2) is 48.5 Å². The highest BCUT2D eigenvalue weighted by molar-refractivity contribution is 9.10. The number of fused-ring (bicyclic) bond motifs is 1. The Bertz CT molecular complexity index is 1270. The van der Waals surface area contributed by atoms with Crippen molar-refractivity contribution in [1.82, 2.24) is 9.88 Å². The lowest BCUT2D eigenvalue weighted by Gasteiger charge is -2.14. The van der Waals surface area contributed by atoms with Crippen LogP contribution in [-0.2, 0) is 14.3 Å². The highest BCUT2D eigenvalue weighted by Crippen LogP contribution is 2.31. The molecule has 9 heteroatoms. The maximum absolute atomic E-state index is 12.1. The molecule has 0 saturated heterocycles. The lowest BCUT2D eigenvalue weighted by Crippen LogP contribution is -2.31. The number of halogens is 1. The number of carbonyl (C=O) groups excluding carboxylic acids is 2. The summed E-state index contributed by atoms with van der Waals surface area (Å²) in [5.41, 5.74) is 3.48. The van der Waals surface area contributed by atoms with E-state index in [0.717, 1.165) is 26.8 Å². The van der Waals surface area contributed by atoms with Crippen molar-refractivity contribution < 1.29 is 14.3 Å². The smallest absolute Gasteiger partial charge is 0.325 e. The second-order valence-electron chi connectivity index (χ2n) is 7.31. The summed E-state index contributed by atoms with van der Waals surface area (Å²) >= 11 is 3.46. The van der Waals surface area contributed by atoms with E-state index in [9.17, 15) is 14.9 Å². The van der Waals surface area contributed by atoms with Gasteiger partial charge in [-0.15, -0.1) is 0 Å². The highest BCUT2D eigenvalue weighted by Gasteiger charge is 2.12. The molecule has 174 valence electrons. The summed E-state index contributed by atoms with van der Waals surface area (Å²) in [4.78, 5) is 29.3. The Morgan fingerprint density at radius 1 is 1.24 bits per heavy atom. The van der Waals surface area contributed by atoms with Gasteiger partial charge < -0.3 is 20.3 Å². The van der Waals surface area contributed by atoms with E-state index in [1.165, 1.54) is 11.0 Å². The molecule has 0 bridgehead atoms. The number of hydrogen-bond donors (Lipinski definition) is 2. The van der Waals surface area contributed by atoms with Crippen LogP contribution in [0.1, 0.15) is 12.5 Å². The molecule has 1 heterocycles. The fourth-order valence-electron chi connectivity index (χ4n) is 3.17. The molecule has 3 aromatic rings. The predicted molar refractivity (Wildman–Crippen MR) is 136 cm³/mol. The van der Waals surface area contributed by atoms with E-state index in [2.05, 4.69) is 37.6 Å². The second-order valence-corrected chi connectivity index (χ2v) is 8.22. The molecular weight excluding hydrogens is 498 g/mol. The predicted octanol–water partition coefficient (Wildman–Crippen LogP) is 4.60. The summed E-state index contributed by atoms with van der Waals surface area (Å²) < 4.78 is 5.77. The molecule has 2 aromatic carbocycles. The minimum atomic E-state index is -0.446. The van der Waals surface area contributed by atoms with E-state index < -0.39 is 5.97 Å². The minimum absolute atomic E-state index is 0.100. The van der Waals surface area contributed by atoms with Crippen molar-refractivity contribution in [3.8, 4) is 6.07 Å². The zero-order chi connectivity index (χ0) is 24.5. The van der Waals surface area contributed by atoms with Crippen molar-refractivity contribution in [2.75, 3.05) is 37.4 Å². The number of esters is 1. The summed E-state index contributed by atoms with van der Waals surface area (Å²) in [5, 5.41) is 17.0. The maximum atomic E-state index is 12.1. The molecule has 2 N–H and O–H groups in total. The van der Waals surface area contributed by atoms with Crippen LogP contribution in [0.3, 0.4) is 0 Å². The molecule has 0 saturated carbocycles. The lowest BCUT2D eigenvalue weighted by molar-refractivity contribution is -0.147. The Balaban J connectivity index is 1.73. The van der Waals surface area contributed by atoms with Crippen molar-refractivity contribution in [3.63, 3.8) is 0 Å². The van der Waals surface area contributed by atoms with Crippen LogP contribution >= 0.6 is 15.9 Å². The molecular formula is C25H24BrN5O3. The van der Waals surface area contributed by atoms with Crippen molar-refractivity contribution in [2.24, 2.45) is 0 Å². The van der Waals surface area contributed by atoms with E-state index in [1.807, 2.05) is 42.5 Å². The topological polar surface area (TPSA) is 107 Å². The normalized spacial score (nSPS) is 10.6. The van der Waals surface area contributed by atoms with Crippen LogP contribution in [0.4, 0.5) is 17.1 Å². The van der Waals surface area contributed by atoms with Gasteiger partial charge in [-0.1, -0.05) is 28.1 Å². The van der Waals surface area contributed by atoms with E-state index in [4.69, 9.17) is 4.74 Å². The van der Waals surface area contributed by atoms with E-state index in [-0.39, 0.29) is 19.1 Å². The Labute approximate surface area is 206 Å². The van der Waals surface area contributed by atoms with Gasteiger partial charge in [0.1, 0.15) is 12.6 Å². The zero-order valence-electron chi connectivity index (χ0n) is 18.8. The van der Waals surface area contributed by atoms with Crippen LogP contribution in [0.5, 0.6) is 0 Å². The molecule has 0 unspecified atom stereocenters. The highest BCUT2D eigenvalue weighted by atomic mass is 79.9. The molecule has 8 nitrogen and oxygen atoms in total. The third kappa shape index (κ3) is 6.56. The standard InChI is InChI=1S/C25H24BrN5O3/c1-3-34-24(33)16-31(2)23(32)8-5-11-28-19-9-10-22-21(13-19)25(17(14-27)15-29-22)30-20-7-4-6-18(26)12-20/h4-10,12-13,15,28H,3,11,16H2,1-2H3,(H,29,30). The van der Waals surface area contributed by atoms with Crippen LogP contribution < -0.4 is 10.6 Å². The Morgan fingerprint density at radius 3 is 2.79 bits per heavy atom. The summed E-state index contributed by atoms with van der Waals surface area (Å²) in [6, 6.07) is 15.5. The number of nitrogens with zero attached hydrogens (tertiary/aromatic N) is 3. The molecule has 0 fully saturated rings. The van der Waals surface area contributed by atoms with Crippen LogP contribution in [0, 0.1) is 11.3 Å². The molecule has 1 amide bonds. The van der Waals surface area contributed by atoms with Gasteiger partial charge in [0.25, 0.3) is 0 Å². The molecule has 0 aliphatic carbocycles. The average molecular weight is 522 g/mol. The number of ether oxygens (including phenoxy) is 1. The van der Waals surface area contributed by atoms with Crippen molar-refractivity contribution in [2.45, 2.75) is 6.92 Å². The number of rotatable bonds is 9. The SMILES string of the molecule is CCOC(=O)CN(C)C(=O)C=CCNc1ccc2ncc(C#N)c(Nc3cccc(Br)c3)c2c1. The number of benzene rings is 2. The molecule has 0 atom stereocenters. The van der Waals surface area contributed by atoms with Gasteiger partial charge >= 0.3 is 5.97 Å². The number of likely N-dealkylation sites (N-methyl/N-ethyl adjacent to an activating group) is 1. The number of hydrogen-bond acceptors (Lipinski definition) is 7. The van der Waals surface area contributed by atoms with Crippen molar-refractivity contribution >= 4 is 55.8 Å². The first-order valence-corrected chi connectivity index (χ1v) is 11.4. The third-order valence-corrected chi connectivity index (χ3v) is 5.31. The molecule has 0 aliphatic rings. The largest absolute Gasteiger partial charge is 0.465 e. The Kier molecular flexibility index (Phi) is 8.60. The summed E-state index contributed by atoms with van der Waals surface area (Å²) in [5.74, 6) is -0.740. The quantitative estimate of drug-likeness (QED) is 0.312. The molecule has 0 spiro atoms. The summed E-state index contributed by atoms with van der Waals surface area (Å²) in [7, 11) is 1.54. The Morgan fingerprint density at radius 2 is 2.06 bits per heavy atom. The summed E-state index contributed by atoms with van der Waals surface area (Å²) in [6.07, 6.45) is 4.64. The minimum Gasteiger partial charge on any atom is -0.465 e. The number of aromatic nitrogens is 1. The molecule has 1 aromatic heterocycles. The van der Waals surface area contributed by atoms with E-state index >= 15 is 0 Å². The van der Waals surface area contributed by atoms with Gasteiger partial charge in [-0.25, -0.2) is 0 Å². The molecule has 0 aliphatic heterocycles. The zero-order valence-corrected chi connectivity index (χ0v) is 20.4. The van der Waals surface area contributed by atoms with Gasteiger partial charge in [0.05, 0.1) is 23.4 Å². The number of nitrogens with one attached hydrogen (secondary N) is 2. The van der Waals surface area contributed by atoms with Crippen molar-refractivity contribution in [3.05, 3.63) is 70.8 Å². The van der Waals surface area contributed by atoms with Crippen LogP contribution in [0.25, 0.3) is 10.9 Å². The fraction of sp³-hybridized carbons (Fsp3) is 0.200. The van der Waals surface area contributed by atoms with E-state index in [1.54, 1.807) is 26.2 Å². The number of amides is 1. The first-order valence-electron chi connectivity index (χ1n) is 10.6. The second kappa shape index (κ2) is 11.8. The van der Waals surface area contributed by atoms with Crippen molar-refractivity contribution in [1.29, 1.82) is 5.26 Å². The van der Waals surface area contributed by atoms with Gasteiger partial charge in [0, 0.05) is 47.1 Å². The van der Waals surface area contributed by atoms with Gasteiger partial charge in [-0.2, -0.15) is 5.26 Å². The Hall–Kier alpha value is -3.90. The molecule has 34 heavy (non-hydrogen) atoms. The molecule has 0 radical (unpaired) electrons. The number of anilines is 3. The van der Waals surface area contributed by atoms with Gasteiger partial charge in [0.2, 0.25) is 5.91 Å². The number of pyridine rings is 1. The fourth-order valence-corrected chi connectivity index (χ4v) is 3.57. The van der Waals surface area contributed by atoms with Crippen LogP contribution in [0.15, 0.2) is 65.3 Å². The monoisotopic (exact) mass is 521 g/mol. The molecule has 3 rings (SSSR count). The number of carbonyl (C=O) groups is 2. The first kappa shape index (κ1) is 24.7.